The van der Waals surface area contributed by atoms with Crippen molar-refractivity contribution in [3.8, 4) is 0 Å². The summed E-state index contributed by atoms with van der Waals surface area (Å²) in [4.78, 5) is 10.5. The number of aliphatic hydroxyl groups is 1. The first-order valence-corrected chi connectivity index (χ1v) is 2.74. The second-order valence-corrected chi connectivity index (χ2v) is 1.98. The molecule has 4 nitrogen and oxygen atoms in total. The topological polar surface area (TPSA) is 61.4 Å². The standard InChI is InChI=1S/C4H5N2O2S/c7-2-1-5-4(9)6-3(2)8/h1-2,7H,(H2,5,6,8,9). The molecule has 0 spiro atoms. The lowest BCUT2D eigenvalue weighted by atomic mass is 10.3. The lowest BCUT2D eigenvalue weighted by Gasteiger charge is -2.18. The smallest absolute Gasteiger partial charge is 0.257 e. The fourth-order valence-corrected chi connectivity index (χ4v) is 0.621. The molecule has 1 radical (unpaired) electrons. The van der Waals surface area contributed by atoms with Gasteiger partial charge in [0, 0.05) is 0 Å². The first kappa shape index (κ1) is 6.44. The molecule has 0 bridgehead atoms. The largest absolute Gasteiger partial charge is 0.381 e. The van der Waals surface area contributed by atoms with Gasteiger partial charge < -0.3 is 15.7 Å². The van der Waals surface area contributed by atoms with Crippen molar-refractivity contribution in [2.24, 2.45) is 0 Å². The number of thiocarbonyl (C=S) groups is 1. The van der Waals surface area contributed by atoms with E-state index in [-0.39, 0.29) is 5.11 Å². The van der Waals surface area contributed by atoms with Crippen LogP contribution in [0.4, 0.5) is 0 Å². The molecule has 1 atom stereocenters. The third kappa shape index (κ3) is 1.36. The summed E-state index contributed by atoms with van der Waals surface area (Å²) in [6, 6.07) is 0. The van der Waals surface area contributed by atoms with Gasteiger partial charge in [-0.1, -0.05) is 0 Å². The van der Waals surface area contributed by atoms with E-state index in [9.17, 15) is 4.79 Å². The number of amides is 1. The Hall–Kier alpha value is -0.680. The fraction of sp³-hybridized carbons (Fsp3) is 0.250. The summed E-state index contributed by atoms with van der Waals surface area (Å²) in [5.74, 6) is -0.487. The SMILES string of the molecule is O=C1NC(=S)N[CH]C1O. The molecular formula is C4H5N2O2S. The van der Waals surface area contributed by atoms with E-state index in [1.165, 1.54) is 6.54 Å². The van der Waals surface area contributed by atoms with Gasteiger partial charge in [-0.2, -0.15) is 0 Å². The quantitative estimate of drug-likeness (QED) is 0.363. The molecule has 0 aromatic carbocycles. The van der Waals surface area contributed by atoms with Gasteiger partial charge in [-0.3, -0.25) is 4.79 Å². The van der Waals surface area contributed by atoms with E-state index >= 15 is 0 Å². The zero-order chi connectivity index (χ0) is 6.85. The second-order valence-electron chi connectivity index (χ2n) is 1.57. The fourth-order valence-electron chi connectivity index (χ4n) is 0.452. The molecule has 1 rings (SSSR count). The summed E-state index contributed by atoms with van der Waals surface area (Å²) >= 11 is 4.55. The second kappa shape index (κ2) is 2.28. The minimum absolute atomic E-state index is 0.227. The molecule has 1 heterocycles. The Morgan fingerprint density at radius 1 is 1.78 bits per heavy atom. The molecule has 1 aliphatic rings. The van der Waals surface area contributed by atoms with Crippen LogP contribution in [0.25, 0.3) is 0 Å². The average Bonchev–Trinajstić information content (AvgIpc) is 1.80. The van der Waals surface area contributed by atoms with Crippen LogP contribution in [0.2, 0.25) is 0 Å². The number of nitrogens with one attached hydrogen (secondary N) is 2. The average molecular weight is 145 g/mol. The van der Waals surface area contributed by atoms with E-state index in [0.717, 1.165) is 0 Å². The van der Waals surface area contributed by atoms with E-state index in [4.69, 9.17) is 5.11 Å². The summed E-state index contributed by atoms with van der Waals surface area (Å²) in [6.07, 6.45) is -1.09. The molecule has 1 unspecified atom stereocenters. The normalized spacial score (nSPS) is 27.0. The van der Waals surface area contributed by atoms with Gasteiger partial charge in [0.05, 0.1) is 6.54 Å². The third-order valence-electron chi connectivity index (χ3n) is 0.878. The monoisotopic (exact) mass is 145 g/mol. The number of hydrogen-bond acceptors (Lipinski definition) is 3. The van der Waals surface area contributed by atoms with Gasteiger partial charge in [-0.25, -0.2) is 0 Å². The van der Waals surface area contributed by atoms with Crippen LogP contribution in [0, 0.1) is 6.54 Å². The zero-order valence-electron chi connectivity index (χ0n) is 4.42. The highest BCUT2D eigenvalue weighted by Crippen LogP contribution is 1.91. The highest BCUT2D eigenvalue weighted by atomic mass is 32.1. The van der Waals surface area contributed by atoms with Gasteiger partial charge in [0.25, 0.3) is 5.91 Å². The number of aliphatic hydroxyl groups excluding tert-OH is 1. The highest BCUT2D eigenvalue weighted by molar-refractivity contribution is 7.80. The number of hydrogen-bond donors (Lipinski definition) is 3. The van der Waals surface area contributed by atoms with Crippen LogP contribution in [0.15, 0.2) is 0 Å². The predicted octanol–water partition coefficient (Wildman–Crippen LogP) is -1.49. The van der Waals surface area contributed by atoms with Crippen molar-refractivity contribution in [1.82, 2.24) is 10.6 Å². The predicted molar refractivity (Wildman–Crippen MR) is 34.2 cm³/mol. The van der Waals surface area contributed by atoms with Crippen LogP contribution in [-0.2, 0) is 4.79 Å². The van der Waals surface area contributed by atoms with Gasteiger partial charge in [0.2, 0.25) is 0 Å². The maximum absolute atomic E-state index is 10.5. The molecule has 1 aliphatic heterocycles. The molecule has 49 valence electrons. The number of rotatable bonds is 0. The van der Waals surface area contributed by atoms with Crippen molar-refractivity contribution < 1.29 is 9.90 Å². The van der Waals surface area contributed by atoms with Crippen LogP contribution in [0.3, 0.4) is 0 Å². The van der Waals surface area contributed by atoms with E-state index in [1.807, 2.05) is 0 Å². The molecular weight excluding hydrogens is 140 g/mol. The Balaban J connectivity index is 2.54. The Kier molecular flexibility index (Phi) is 1.63. The molecule has 1 saturated heterocycles. The minimum Gasteiger partial charge on any atom is -0.381 e. The summed E-state index contributed by atoms with van der Waals surface area (Å²) in [6.45, 7) is 1.22. The maximum Gasteiger partial charge on any atom is 0.257 e. The Morgan fingerprint density at radius 3 is 2.89 bits per heavy atom. The third-order valence-corrected chi connectivity index (χ3v) is 1.10. The Bertz CT molecular complexity index is 159. The van der Waals surface area contributed by atoms with Gasteiger partial charge in [-0.05, 0) is 12.2 Å². The van der Waals surface area contributed by atoms with E-state index in [1.54, 1.807) is 0 Å². The molecule has 0 saturated carbocycles. The van der Waals surface area contributed by atoms with Crippen molar-refractivity contribution in [3.05, 3.63) is 6.54 Å². The van der Waals surface area contributed by atoms with Crippen molar-refractivity contribution in [1.29, 1.82) is 0 Å². The van der Waals surface area contributed by atoms with Crippen molar-refractivity contribution >= 4 is 23.2 Å². The Labute approximate surface area is 57.2 Å². The lowest BCUT2D eigenvalue weighted by Crippen LogP contribution is -2.51. The van der Waals surface area contributed by atoms with Crippen molar-refractivity contribution in [2.75, 3.05) is 0 Å². The van der Waals surface area contributed by atoms with Gasteiger partial charge >= 0.3 is 0 Å². The van der Waals surface area contributed by atoms with Crippen molar-refractivity contribution in [3.63, 3.8) is 0 Å². The number of carbonyl (C=O) groups is 1. The maximum atomic E-state index is 10.5. The lowest BCUT2D eigenvalue weighted by molar-refractivity contribution is -0.127. The first-order valence-electron chi connectivity index (χ1n) is 2.33. The molecule has 1 amide bonds. The van der Waals surface area contributed by atoms with Crippen molar-refractivity contribution in [2.45, 2.75) is 6.10 Å². The van der Waals surface area contributed by atoms with Crippen LogP contribution in [0.5, 0.6) is 0 Å². The van der Waals surface area contributed by atoms with Gasteiger partial charge in [0.1, 0.15) is 0 Å². The van der Waals surface area contributed by atoms with E-state index in [2.05, 4.69) is 22.9 Å². The molecule has 1 fully saturated rings. The molecule has 3 N–H and O–H groups in total. The molecule has 0 aromatic heterocycles. The van der Waals surface area contributed by atoms with E-state index < -0.39 is 12.0 Å². The molecule has 5 heteroatoms. The Morgan fingerprint density at radius 2 is 2.44 bits per heavy atom. The summed E-state index contributed by atoms with van der Waals surface area (Å²) < 4.78 is 0. The van der Waals surface area contributed by atoms with Crippen LogP contribution < -0.4 is 10.6 Å². The molecule has 9 heavy (non-hydrogen) atoms. The highest BCUT2D eigenvalue weighted by Gasteiger charge is 2.21. The van der Waals surface area contributed by atoms with Crippen LogP contribution in [0.1, 0.15) is 0 Å². The number of carbonyl (C=O) groups excluding carboxylic acids is 1. The van der Waals surface area contributed by atoms with E-state index in [0.29, 0.717) is 0 Å². The van der Waals surface area contributed by atoms with Gasteiger partial charge in [0.15, 0.2) is 11.2 Å². The molecule has 0 aromatic rings. The summed E-state index contributed by atoms with van der Waals surface area (Å²) in [5, 5.41) is 13.6. The van der Waals surface area contributed by atoms with Crippen LogP contribution in [-0.4, -0.2) is 22.2 Å². The first-order chi connectivity index (χ1) is 4.20. The van der Waals surface area contributed by atoms with Gasteiger partial charge in [-0.15, -0.1) is 0 Å². The summed E-state index contributed by atoms with van der Waals surface area (Å²) in [7, 11) is 0. The molecule has 0 aliphatic carbocycles. The minimum atomic E-state index is -1.09. The zero-order valence-corrected chi connectivity index (χ0v) is 5.23. The van der Waals surface area contributed by atoms with Crippen LogP contribution >= 0.6 is 12.2 Å². The summed E-state index contributed by atoms with van der Waals surface area (Å²) in [5.41, 5.74) is 0.